The van der Waals surface area contributed by atoms with E-state index in [1.54, 1.807) is 28.9 Å². The maximum absolute atomic E-state index is 14.1. The van der Waals surface area contributed by atoms with E-state index in [1.807, 2.05) is 20.8 Å². The maximum atomic E-state index is 14.1. The number of carbonyl (C=O) groups excluding carboxylic acids is 3. The molecule has 1 aliphatic rings. The number of β-amino-alcohol motifs (C(OH)–C–C–N with tert-alkyl or cyclic N) is 1. The molecule has 242 valence electrons. The number of rotatable bonds is 15. The van der Waals surface area contributed by atoms with E-state index in [0.29, 0.717) is 38.2 Å². The largest absolute Gasteiger partial charge is 0.389 e. The molecular formula is C34H48F2N4O4. The molecule has 1 heterocycles. The third-order valence-corrected chi connectivity index (χ3v) is 7.85. The van der Waals surface area contributed by atoms with Gasteiger partial charge in [-0.15, -0.1) is 0 Å². The van der Waals surface area contributed by atoms with Crippen LogP contribution in [0.5, 0.6) is 0 Å². The Balaban J connectivity index is 1.87. The first-order chi connectivity index (χ1) is 21.1. The van der Waals surface area contributed by atoms with Crippen LogP contribution in [-0.4, -0.2) is 83.5 Å². The fraction of sp³-hybridized carbons (Fsp3) is 0.559. The van der Waals surface area contributed by atoms with Gasteiger partial charge in [-0.25, -0.2) is 8.78 Å². The Bertz CT molecular complexity index is 1250. The molecule has 8 nitrogen and oxygen atoms in total. The lowest BCUT2D eigenvalue weighted by Crippen LogP contribution is -2.53. The fourth-order valence-electron chi connectivity index (χ4n) is 5.74. The van der Waals surface area contributed by atoms with Gasteiger partial charge in [-0.1, -0.05) is 20.8 Å². The zero-order valence-corrected chi connectivity index (χ0v) is 26.5. The van der Waals surface area contributed by atoms with Crippen molar-refractivity contribution >= 4 is 17.7 Å². The molecule has 0 aliphatic carbocycles. The highest BCUT2D eigenvalue weighted by Gasteiger charge is 2.31. The Hall–Kier alpha value is -3.37. The van der Waals surface area contributed by atoms with Crippen molar-refractivity contribution in [2.45, 2.75) is 90.8 Å². The minimum Gasteiger partial charge on any atom is -0.389 e. The third kappa shape index (κ3) is 10.1. The number of halogens is 2. The number of aliphatic hydroxyl groups excluding tert-OH is 1. The van der Waals surface area contributed by atoms with Gasteiger partial charge in [0.1, 0.15) is 11.6 Å². The maximum Gasteiger partial charge on any atom is 0.253 e. The lowest BCUT2D eigenvalue weighted by Gasteiger charge is -2.31. The number of hydrogen-bond donors (Lipinski definition) is 3. The number of hydrogen-bond acceptors (Lipinski definition) is 5. The Morgan fingerprint density at radius 3 is 2.27 bits per heavy atom. The molecule has 3 amide bonds. The van der Waals surface area contributed by atoms with Crippen LogP contribution < -0.4 is 10.6 Å². The number of aryl methyl sites for hydroxylation is 1. The van der Waals surface area contributed by atoms with E-state index in [2.05, 4.69) is 10.6 Å². The molecule has 1 fully saturated rings. The molecule has 3 atom stereocenters. The number of likely N-dealkylation sites (tertiary alicyclic amines) is 1. The lowest BCUT2D eigenvalue weighted by molar-refractivity contribution is -0.134. The van der Waals surface area contributed by atoms with Gasteiger partial charge < -0.3 is 25.5 Å². The number of carbonyl (C=O) groups is 3. The van der Waals surface area contributed by atoms with Crippen LogP contribution >= 0.6 is 0 Å². The van der Waals surface area contributed by atoms with E-state index >= 15 is 0 Å². The summed E-state index contributed by atoms with van der Waals surface area (Å²) in [5.41, 5.74) is 1.60. The van der Waals surface area contributed by atoms with Crippen molar-refractivity contribution in [2.75, 3.05) is 32.7 Å². The molecule has 0 radical (unpaired) electrons. The lowest BCUT2D eigenvalue weighted by atomic mass is 9.99. The van der Waals surface area contributed by atoms with E-state index in [0.717, 1.165) is 55.9 Å². The van der Waals surface area contributed by atoms with Crippen molar-refractivity contribution in [1.82, 2.24) is 20.4 Å². The summed E-state index contributed by atoms with van der Waals surface area (Å²) in [6.45, 7) is 10.1. The Kier molecular flexibility index (Phi) is 13.7. The van der Waals surface area contributed by atoms with Crippen LogP contribution in [0.25, 0.3) is 0 Å². The molecule has 3 N–H and O–H groups in total. The summed E-state index contributed by atoms with van der Waals surface area (Å²) >= 11 is 0. The molecule has 0 saturated carbocycles. The second-order valence-corrected chi connectivity index (χ2v) is 11.8. The number of nitrogens with zero attached hydrogens (tertiary/aromatic N) is 2. The summed E-state index contributed by atoms with van der Waals surface area (Å²) in [5.74, 6) is -2.34. The van der Waals surface area contributed by atoms with Crippen molar-refractivity contribution in [3.05, 3.63) is 70.3 Å². The van der Waals surface area contributed by atoms with E-state index in [9.17, 15) is 28.3 Å². The van der Waals surface area contributed by atoms with Crippen LogP contribution in [-0.2, 0) is 11.2 Å². The number of amides is 3. The van der Waals surface area contributed by atoms with Crippen molar-refractivity contribution in [3.8, 4) is 0 Å². The summed E-state index contributed by atoms with van der Waals surface area (Å²) < 4.78 is 28.1. The van der Waals surface area contributed by atoms with Crippen molar-refractivity contribution in [1.29, 1.82) is 0 Å². The predicted octanol–water partition coefficient (Wildman–Crippen LogP) is 4.62. The van der Waals surface area contributed by atoms with E-state index in [-0.39, 0.29) is 41.9 Å². The normalized spacial score (nSPS) is 16.8. The summed E-state index contributed by atoms with van der Waals surface area (Å²) in [7, 11) is 0. The Morgan fingerprint density at radius 2 is 1.64 bits per heavy atom. The van der Waals surface area contributed by atoms with Gasteiger partial charge in [-0.05, 0) is 99.9 Å². The third-order valence-electron chi connectivity index (χ3n) is 7.85. The zero-order chi connectivity index (χ0) is 32.2. The standard InChI is InChI=1S/C34H48F2N4O4/c1-5-11-37-29-10-8-9-14-40(34(29)44)22-31(41)30(19-24-17-27(35)21-28(36)18-24)38-32(42)25-15-23(4)16-26(20-25)33(43)39(12-6-2)13-7-3/h15-18,20-21,29-31,37,41H,5-14,19,22H2,1-4H3,(H,38,42)/t29-,30-,31+/m0/s1. The first kappa shape index (κ1) is 35.1. The highest BCUT2D eigenvalue weighted by molar-refractivity contribution is 6.00. The summed E-state index contributed by atoms with van der Waals surface area (Å²) in [4.78, 5) is 43.6. The number of nitrogens with one attached hydrogen (secondary N) is 2. The minimum atomic E-state index is -1.23. The van der Waals surface area contributed by atoms with Gasteiger partial charge in [0.25, 0.3) is 11.8 Å². The molecule has 0 unspecified atom stereocenters. The molecule has 0 bridgehead atoms. The van der Waals surface area contributed by atoms with Gasteiger partial charge in [-0.2, -0.15) is 0 Å². The molecule has 2 aromatic carbocycles. The number of aliphatic hydroxyl groups is 1. The molecule has 2 aromatic rings. The first-order valence-electron chi connectivity index (χ1n) is 15.9. The van der Waals surface area contributed by atoms with Crippen LogP contribution in [0.15, 0.2) is 36.4 Å². The van der Waals surface area contributed by atoms with Gasteiger partial charge in [-0.3, -0.25) is 14.4 Å². The molecule has 1 aliphatic heterocycles. The second kappa shape index (κ2) is 17.2. The topological polar surface area (TPSA) is 102 Å². The van der Waals surface area contributed by atoms with Crippen LogP contribution in [0.2, 0.25) is 0 Å². The van der Waals surface area contributed by atoms with Gasteiger partial charge in [0.05, 0.1) is 18.2 Å². The van der Waals surface area contributed by atoms with Crippen LogP contribution in [0.4, 0.5) is 8.78 Å². The second-order valence-electron chi connectivity index (χ2n) is 11.8. The average molecular weight is 615 g/mol. The average Bonchev–Trinajstić information content (AvgIpc) is 3.14. The van der Waals surface area contributed by atoms with Crippen LogP contribution in [0.1, 0.15) is 91.1 Å². The quantitative estimate of drug-likeness (QED) is 0.272. The monoisotopic (exact) mass is 614 g/mol. The SMILES string of the molecule is CCCN[C@H]1CCCCN(C[C@@H](O)[C@H](Cc2cc(F)cc(F)c2)NC(=O)c2cc(C)cc(C(=O)N(CCC)CCC)c2)C1=O. The number of benzene rings is 2. The van der Waals surface area contributed by atoms with E-state index in [1.165, 1.54) is 6.07 Å². The fourth-order valence-corrected chi connectivity index (χ4v) is 5.74. The van der Waals surface area contributed by atoms with E-state index < -0.39 is 29.7 Å². The van der Waals surface area contributed by atoms with Gasteiger partial charge in [0.2, 0.25) is 5.91 Å². The Labute approximate surface area is 260 Å². The highest BCUT2D eigenvalue weighted by Crippen LogP contribution is 2.18. The summed E-state index contributed by atoms with van der Waals surface area (Å²) in [6, 6.07) is 6.70. The molecule has 10 heteroatoms. The predicted molar refractivity (Wildman–Crippen MR) is 168 cm³/mol. The van der Waals surface area contributed by atoms with Gasteiger partial charge >= 0.3 is 0 Å². The Morgan fingerprint density at radius 1 is 0.977 bits per heavy atom. The molecule has 0 aromatic heterocycles. The van der Waals surface area contributed by atoms with Crippen LogP contribution in [0.3, 0.4) is 0 Å². The van der Waals surface area contributed by atoms with Gasteiger partial charge in [0.15, 0.2) is 0 Å². The zero-order valence-electron chi connectivity index (χ0n) is 26.5. The summed E-state index contributed by atoms with van der Waals surface area (Å²) in [6.07, 6.45) is 3.55. The summed E-state index contributed by atoms with van der Waals surface area (Å²) in [5, 5.41) is 17.6. The van der Waals surface area contributed by atoms with Crippen molar-refractivity contribution < 1.29 is 28.3 Å². The molecule has 44 heavy (non-hydrogen) atoms. The van der Waals surface area contributed by atoms with Crippen LogP contribution in [0, 0.1) is 18.6 Å². The minimum absolute atomic E-state index is 0.0492. The molecular weight excluding hydrogens is 566 g/mol. The molecule has 0 spiro atoms. The first-order valence-corrected chi connectivity index (χ1v) is 15.9. The molecule has 3 rings (SSSR count). The van der Waals surface area contributed by atoms with Crippen molar-refractivity contribution in [2.24, 2.45) is 0 Å². The highest BCUT2D eigenvalue weighted by atomic mass is 19.1. The molecule has 1 saturated heterocycles. The van der Waals surface area contributed by atoms with E-state index in [4.69, 9.17) is 0 Å². The smallest absolute Gasteiger partial charge is 0.253 e. The van der Waals surface area contributed by atoms with Crippen molar-refractivity contribution in [3.63, 3.8) is 0 Å². The van der Waals surface area contributed by atoms with Gasteiger partial charge in [0, 0.05) is 43.4 Å².